The van der Waals surface area contributed by atoms with Crippen molar-refractivity contribution in [1.82, 2.24) is 10.2 Å². The Kier molecular flexibility index (Phi) is 5.88. The summed E-state index contributed by atoms with van der Waals surface area (Å²) in [5, 5.41) is 12.1. The number of hydrogen-bond acceptors (Lipinski definition) is 4. The number of rotatable bonds is 5. The van der Waals surface area contributed by atoms with Gasteiger partial charge < -0.3 is 20.1 Å². The molecule has 2 unspecified atom stereocenters. The molecule has 0 radical (unpaired) electrons. The normalized spacial score (nSPS) is 23.7. The molecule has 0 bridgehead atoms. The zero-order chi connectivity index (χ0) is 12.8. The quantitative estimate of drug-likeness (QED) is 0.705. The second-order valence-corrected chi connectivity index (χ2v) is 5.14. The SMILES string of the molecule is CC(C)CC(CO)NC(=O)C1CN(C)CCO1. The maximum Gasteiger partial charge on any atom is 0.250 e. The van der Waals surface area contributed by atoms with E-state index in [1.54, 1.807) is 0 Å². The molecule has 2 atom stereocenters. The van der Waals surface area contributed by atoms with E-state index in [9.17, 15) is 9.90 Å². The molecule has 1 fully saturated rings. The number of ether oxygens (including phenoxy) is 1. The van der Waals surface area contributed by atoms with Gasteiger partial charge >= 0.3 is 0 Å². The van der Waals surface area contributed by atoms with E-state index in [0.29, 0.717) is 19.1 Å². The molecule has 1 heterocycles. The van der Waals surface area contributed by atoms with Gasteiger partial charge in [-0.05, 0) is 19.4 Å². The predicted octanol–water partition coefficient (Wildman–Crippen LogP) is -0.160. The van der Waals surface area contributed by atoms with Crippen LogP contribution in [0, 0.1) is 5.92 Å². The molecule has 0 aromatic carbocycles. The first kappa shape index (κ1) is 14.4. The van der Waals surface area contributed by atoms with Gasteiger partial charge in [-0.1, -0.05) is 13.8 Å². The zero-order valence-electron chi connectivity index (χ0n) is 11.0. The summed E-state index contributed by atoms with van der Waals surface area (Å²) in [4.78, 5) is 14.0. The first-order chi connectivity index (χ1) is 8.02. The van der Waals surface area contributed by atoms with E-state index in [0.717, 1.165) is 13.0 Å². The van der Waals surface area contributed by atoms with Gasteiger partial charge in [-0.3, -0.25) is 4.79 Å². The molecule has 17 heavy (non-hydrogen) atoms. The topological polar surface area (TPSA) is 61.8 Å². The highest BCUT2D eigenvalue weighted by molar-refractivity contribution is 5.81. The molecule has 1 rings (SSSR count). The van der Waals surface area contributed by atoms with Gasteiger partial charge in [0.05, 0.1) is 19.3 Å². The fraction of sp³-hybridized carbons (Fsp3) is 0.917. The fourth-order valence-electron chi connectivity index (χ4n) is 1.98. The molecule has 1 saturated heterocycles. The minimum absolute atomic E-state index is 0.0213. The lowest BCUT2D eigenvalue weighted by atomic mass is 10.0. The Morgan fingerprint density at radius 3 is 2.82 bits per heavy atom. The van der Waals surface area contributed by atoms with Crippen LogP contribution in [0.4, 0.5) is 0 Å². The van der Waals surface area contributed by atoms with Gasteiger partial charge in [0, 0.05) is 13.1 Å². The third kappa shape index (κ3) is 5.02. The minimum Gasteiger partial charge on any atom is -0.394 e. The molecular formula is C12H24N2O3. The Bertz CT molecular complexity index is 246. The summed E-state index contributed by atoms with van der Waals surface area (Å²) in [5.41, 5.74) is 0. The van der Waals surface area contributed by atoms with Crippen LogP contribution < -0.4 is 5.32 Å². The lowest BCUT2D eigenvalue weighted by Gasteiger charge is -2.30. The first-order valence-electron chi connectivity index (χ1n) is 6.24. The van der Waals surface area contributed by atoms with Crippen molar-refractivity contribution in [1.29, 1.82) is 0 Å². The highest BCUT2D eigenvalue weighted by Crippen LogP contribution is 2.07. The Labute approximate surface area is 103 Å². The molecule has 0 spiro atoms. The largest absolute Gasteiger partial charge is 0.394 e. The molecular weight excluding hydrogens is 220 g/mol. The molecule has 2 N–H and O–H groups in total. The number of likely N-dealkylation sites (N-methyl/N-ethyl adjacent to an activating group) is 1. The summed E-state index contributed by atoms with van der Waals surface area (Å²) >= 11 is 0. The van der Waals surface area contributed by atoms with Gasteiger partial charge in [0.1, 0.15) is 6.10 Å². The number of nitrogens with zero attached hydrogens (tertiary/aromatic N) is 1. The molecule has 100 valence electrons. The first-order valence-corrected chi connectivity index (χ1v) is 6.24. The molecule has 1 aliphatic rings. The van der Waals surface area contributed by atoms with Gasteiger partial charge in [0.2, 0.25) is 0 Å². The fourth-order valence-corrected chi connectivity index (χ4v) is 1.98. The summed E-state index contributed by atoms with van der Waals surface area (Å²) in [6.45, 7) is 6.18. The number of hydrogen-bond donors (Lipinski definition) is 2. The number of aliphatic hydroxyl groups is 1. The van der Waals surface area contributed by atoms with Crippen LogP contribution in [0.2, 0.25) is 0 Å². The third-order valence-electron chi connectivity index (χ3n) is 2.88. The molecule has 1 amide bonds. The molecule has 0 saturated carbocycles. The molecule has 5 heteroatoms. The predicted molar refractivity (Wildman–Crippen MR) is 65.7 cm³/mol. The van der Waals surface area contributed by atoms with Crippen molar-refractivity contribution < 1.29 is 14.6 Å². The number of amides is 1. The Morgan fingerprint density at radius 2 is 2.29 bits per heavy atom. The lowest BCUT2D eigenvalue weighted by molar-refractivity contribution is -0.139. The van der Waals surface area contributed by atoms with Crippen LogP contribution in [0.1, 0.15) is 20.3 Å². The number of morpholine rings is 1. The number of nitrogens with one attached hydrogen (secondary N) is 1. The van der Waals surface area contributed by atoms with E-state index >= 15 is 0 Å². The molecule has 0 aromatic heterocycles. The third-order valence-corrected chi connectivity index (χ3v) is 2.88. The standard InChI is InChI=1S/C12H24N2O3/c1-9(2)6-10(8-15)13-12(16)11-7-14(3)4-5-17-11/h9-11,15H,4-8H2,1-3H3,(H,13,16). The van der Waals surface area contributed by atoms with Crippen molar-refractivity contribution in [3.8, 4) is 0 Å². The van der Waals surface area contributed by atoms with Crippen molar-refractivity contribution >= 4 is 5.91 Å². The van der Waals surface area contributed by atoms with Crippen molar-refractivity contribution in [2.75, 3.05) is 33.4 Å². The van der Waals surface area contributed by atoms with E-state index < -0.39 is 6.10 Å². The van der Waals surface area contributed by atoms with Gasteiger partial charge in [-0.25, -0.2) is 0 Å². The van der Waals surface area contributed by atoms with Crippen molar-refractivity contribution in [2.45, 2.75) is 32.4 Å². The maximum absolute atomic E-state index is 11.9. The smallest absolute Gasteiger partial charge is 0.250 e. The van der Waals surface area contributed by atoms with E-state index in [2.05, 4.69) is 24.1 Å². The minimum atomic E-state index is -0.407. The average Bonchev–Trinajstić information content (AvgIpc) is 2.27. The van der Waals surface area contributed by atoms with Crippen LogP contribution in [0.25, 0.3) is 0 Å². The maximum atomic E-state index is 11.9. The van der Waals surface area contributed by atoms with Crippen molar-refractivity contribution in [2.24, 2.45) is 5.92 Å². The molecule has 0 aliphatic carbocycles. The van der Waals surface area contributed by atoms with Gasteiger partial charge in [-0.2, -0.15) is 0 Å². The Morgan fingerprint density at radius 1 is 1.59 bits per heavy atom. The number of carbonyl (C=O) groups excluding carboxylic acids is 1. The monoisotopic (exact) mass is 244 g/mol. The van der Waals surface area contributed by atoms with E-state index in [1.165, 1.54) is 0 Å². The summed E-state index contributed by atoms with van der Waals surface area (Å²) in [6, 6.07) is -0.168. The van der Waals surface area contributed by atoms with Crippen LogP contribution in [0.3, 0.4) is 0 Å². The highest BCUT2D eigenvalue weighted by Gasteiger charge is 2.26. The molecule has 0 aromatic rings. The summed E-state index contributed by atoms with van der Waals surface area (Å²) < 4.78 is 5.43. The number of aliphatic hydroxyl groups excluding tert-OH is 1. The summed E-state index contributed by atoms with van der Waals surface area (Å²) in [7, 11) is 1.97. The molecule has 5 nitrogen and oxygen atoms in total. The average molecular weight is 244 g/mol. The van der Waals surface area contributed by atoms with Crippen LogP contribution in [0.15, 0.2) is 0 Å². The lowest BCUT2D eigenvalue weighted by Crippen LogP contribution is -2.51. The van der Waals surface area contributed by atoms with Crippen molar-refractivity contribution in [3.63, 3.8) is 0 Å². The van der Waals surface area contributed by atoms with Crippen LogP contribution in [-0.2, 0) is 9.53 Å². The van der Waals surface area contributed by atoms with Gasteiger partial charge in [0.15, 0.2) is 0 Å². The Hall–Kier alpha value is -0.650. The van der Waals surface area contributed by atoms with Gasteiger partial charge in [0.25, 0.3) is 5.91 Å². The summed E-state index contributed by atoms with van der Waals surface area (Å²) in [6.07, 6.45) is 0.375. The second kappa shape index (κ2) is 6.93. The van der Waals surface area contributed by atoms with Crippen LogP contribution >= 0.6 is 0 Å². The highest BCUT2D eigenvalue weighted by atomic mass is 16.5. The summed E-state index contributed by atoms with van der Waals surface area (Å²) in [5.74, 6) is 0.332. The zero-order valence-corrected chi connectivity index (χ0v) is 11.0. The van der Waals surface area contributed by atoms with Crippen molar-refractivity contribution in [3.05, 3.63) is 0 Å². The van der Waals surface area contributed by atoms with E-state index in [-0.39, 0.29) is 18.6 Å². The van der Waals surface area contributed by atoms with Crippen LogP contribution in [0.5, 0.6) is 0 Å². The number of carbonyl (C=O) groups is 1. The molecule has 1 aliphatic heterocycles. The van der Waals surface area contributed by atoms with Crippen LogP contribution in [-0.4, -0.2) is 61.4 Å². The van der Waals surface area contributed by atoms with E-state index in [1.807, 2.05) is 7.05 Å². The Balaban J connectivity index is 2.40. The second-order valence-electron chi connectivity index (χ2n) is 5.14. The van der Waals surface area contributed by atoms with Gasteiger partial charge in [-0.15, -0.1) is 0 Å². The van der Waals surface area contributed by atoms with E-state index in [4.69, 9.17) is 4.74 Å².